The number of benzene rings is 1. The Bertz CT molecular complexity index is 569. The van der Waals surface area contributed by atoms with Gasteiger partial charge in [0, 0.05) is 23.4 Å². The Kier molecular flexibility index (Phi) is 3.25. The lowest BCUT2D eigenvalue weighted by Crippen LogP contribution is -2.07. The standard InChI is InChI=1S/C14H16ClNO/c1-4-16-11-8-6-5-7-10(11)12(14(16)15)13(17)9(2)3/h5-9H,4H2,1-3H3. The Morgan fingerprint density at radius 3 is 2.59 bits per heavy atom. The van der Waals surface area contributed by atoms with Crippen LogP contribution in [0.1, 0.15) is 31.1 Å². The Labute approximate surface area is 106 Å². The maximum absolute atomic E-state index is 12.2. The van der Waals surface area contributed by atoms with Crippen LogP contribution in [0, 0.1) is 5.92 Å². The number of halogens is 1. The molecule has 0 saturated heterocycles. The molecular formula is C14H16ClNO. The fraction of sp³-hybridized carbons (Fsp3) is 0.357. The maximum atomic E-state index is 12.2. The molecule has 0 atom stereocenters. The van der Waals surface area contributed by atoms with Gasteiger partial charge in [-0.15, -0.1) is 0 Å². The van der Waals surface area contributed by atoms with Crippen molar-refractivity contribution in [2.75, 3.05) is 0 Å². The molecule has 0 N–H and O–H groups in total. The van der Waals surface area contributed by atoms with Gasteiger partial charge in [-0.2, -0.15) is 0 Å². The zero-order chi connectivity index (χ0) is 12.6. The molecule has 0 aliphatic carbocycles. The summed E-state index contributed by atoms with van der Waals surface area (Å²) >= 11 is 6.33. The van der Waals surface area contributed by atoms with Crippen LogP contribution in [0.5, 0.6) is 0 Å². The first-order valence-electron chi connectivity index (χ1n) is 5.88. The second-order valence-electron chi connectivity index (χ2n) is 4.45. The van der Waals surface area contributed by atoms with Gasteiger partial charge in [0.05, 0.1) is 5.56 Å². The van der Waals surface area contributed by atoms with Crippen LogP contribution in [0.3, 0.4) is 0 Å². The van der Waals surface area contributed by atoms with Crippen molar-refractivity contribution in [3.05, 3.63) is 35.0 Å². The van der Waals surface area contributed by atoms with E-state index in [2.05, 4.69) is 0 Å². The molecule has 0 spiro atoms. The second-order valence-corrected chi connectivity index (χ2v) is 4.80. The molecule has 17 heavy (non-hydrogen) atoms. The molecule has 0 saturated carbocycles. The summed E-state index contributed by atoms with van der Waals surface area (Å²) in [6.07, 6.45) is 0. The molecule has 3 heteroatoms. The number of hydrogen-bond acceptors (Lipinski definition) is 1. The molecule has 0 fully saturated rings. The van der Waals surface area contributed by atoms with Crippen LogP contribution in [0.2, 0.25) is 5.15 Å². The van der Waals surface area contributed by atoms with Gasteiger partial charge in [-0.1, -0.05) is 43.6 Å². The molecule has 0 aliphatic rings. The average molecular weight is 250 g/mol. The number of ketones is 1. The second kappa shape index (κ2) is 4.53. The number of Topliss-reactive ketones (excluding diaryl/α,β-unsaturated/α-hetero) is 1. The first kappa shape index (κ1) is 12.2. The lowest BCUT2D eigenvalue weighted by atomic mass is 10.0. The summed E-state index contributed by atoms with van der Waals surface area (Å²) in [5.74, 6) is 0.0713. The number of rotatable bonds is 3. The number of carbonyl (C=O) groups is 1. The summed E-state index contributed by atoms with van der Waals surface area (Å²) in [4.78, 5) is 12.2. The minimum atomic E-state index is -0.0383. The van der Waals surface area contributed by atoms with E-state index < -0.39 is 0 Å². The van der Waals surface area contributed by atoms with Crippen molar-refractivity contribution in [3.8, 4) is 0 Å². The van der Waals surface area contributed by atoms with Gasteiger partial charge < -0.3 is 4.57 Å². The van der Waals surface area contributed by atoms with Gasteiger partial charge in [0.1, 0.15) is 5.15 Å². The third-order valence-electron chi connectivity index (χ3n) is 2.99. The summed E-state index contributed by atoms with van der Waals surface area (Å²) in [5.41, 5.74) is 1.70. The summed E-state index contributed by atoms with van der Waals surface area (Å²) in [6.45, 7) is 6.60. The molecule has 2 rings (SSSR count). The molecule has 1 aromatic heterocycles. The van der Waals surface area contributed by atoms with Crippen LogP contribution in [-0.4, -0.2) is 10.4 Å². The molecule has 0 amide bonds. The van der Waals surface area contributed by atoms with Gasteiger partial charge in [0.2, 0.25) is 0 Å². The highest BCUT2D eigenvalue weighted by atomic mass is 35.5. The summed E-state index contributed by atoms with van der Waals surface area (Å²) < 4.78 is 1.98. The van der Waals surface area contributed by atoms with Crippen LogP contribution in [0.15, 0.2) is 24.3 Å². The summed E-state index contributed by atoms with van der Waals surface area (Å²) in [5, 5.41) is 1.52. The molecule has 0 radical (unpaired) electrons. The number of hydrogen-bond donors (Lipinski definition) is 0. The molecule has 0 bridgehead atoms. The monoisotopic (exact) mass is 249 g/mol. The first-order chi connectivity index (χ1) is 8.07. The van der Waals surface area contributed by atoms with E-state index in [1.54, 1.807) is 0 Å². The van der Waals surface area contributed by atoms with Gasteiger partial charge in [-0.05, 0) is 13.0 Å². The zero-order valence-corrected chi connectivity index (χ0v) is 11.1. The van der Waals surface area contributed by atoms with Crippen molar-refractivity contribution in [1.29, 1.82) is 0 Å². The number of aryl methyl sites for hydroxylation is 1. The first-order valence-corrected chi connectivity index (χ1v) is 6.26. The van der Waals surface area contributed by atoms with Crippen molar-refractivity contribution in [2.45, 2.75) is 27.3 Å². The fourth-order valence-corrected chi connectivity index (χ4v) is 2.51. The van der Waals surface area contributed by atoms with E-state index in [1.165, 1.54) is 0 Å². The van der Waals surface area contributed by atoms with Crippen molar-refractivity contribution in [2.24, 2.45) is 5.92 Å². The molecule has 2 aromatic rings. The lowest BCUT2D eigenvalue weighted by Gasteiger charge is -2.04. The summed E-state index contributed by atoms with van der Waals surface area (Å²) in [7, 11) is 0. The van der Waals surface area contributed by atoms with Crippen LogP contribution >= 0.6 is 11.6 Å². The van der Waals surface area contributed by atoms with E-state index >= 15 is 0 Å². The lowest BCUT2D eigenvalue weighted by molar-refractivity contribution is 0.0941. The number of para-hydroxylation sites is 1. The number of carbonyl (C=O) groups excluding carboxylic acids is 1. The van der Waals surface area contributed by atoms with Crippen molar-refractivity contribution < 1.29 is 4.79 Å². The maximum Gasteiger partial charge on any atom is 0.169 e. The highest BCUT2D eigenvalue weighted by Gasteiger charge is 2.22. The Morgan fingerprint density at radius 2 is 2.00 bits per heavy atom. The number of fused-ring (bicyclic) bond motifs is 1. The third kappa shape index (κ3) is 1.87. The number of aromatic nitrogens is 1. The Morgan fingerprint density at radius 1 is 1.35 bits per heavy atom. The topological polar surface area (TPSA) is 22.0 Å². The largest absolute Gasteiger partial charge is 0.331 e. The zero-order valence-electron chi connectivity index (χ0n) is 10.3. The molecule has 1 heterocycles. The van der Waals surface area contributed by atoms with E-state index in [4.69, 9.17) is 11.6 Å². The van der Waals surface area contributed by atoms with E-state index in [0.29, 0.717) is 10.7 Å². The van der Waals surface area contributed by atoms with Crippen LogP contribution in [0.4, 0.5) is 0 Å². The van der Waals surface area contributed by atoms with Gasteiger partial charge in [-0.25, -0.2) is 0 Å². The molecule has 90 valence electrons. The average Bonchev–Trinajstić information content (AvgIpc) is 2.59. The highest BCUT2D eigenvalue weighted by Crippen LogP contribution is 2.31. The van der Waals surface area contributed by atoms with Crippen LogP contribution < -0.4 is 0 Å². The molecule has 0 aliphatic heterocycles. The van der Waals surface area contributed by atoms with E-state index in [0.717, 1.165) is 17.4 Å². The minimum absolute atomic E-state index is 0.0383. The quantitative estimate of drug-likeness (QED) is 0.749. The van der Waals surface area contributed by atoms with Crippen molar-refractivity contribution in [1.82, 2.24) is 4.57 Å². The predicted molar refractivity (Wildman–Crippen MR) is 71.8 cm³/mol. The van der Waals surface area contributed by atoms with E-state index in [1.807, 2.05) is 49.6 Å². The Hall–Kier alpha value is -1.28. The molecule has 2 nitrogen and oxygen atoms in total. The van der Waals surface area contributed by atoms with Gasteiger partial charge in [0.15, 0.2) is 5.78 Å². The van der Waals surface area contributed by atoms with Crippen LogP contribution in [-0.2, 0) is 6.54 Å². The Balaban J connectivity index is 2.79. The minimum Gasteiger partial charge on any atom is -0.331 e. The van der Waals surface area contributed by atoms with E-state index in [9.17, 15) is 4.79 Å². The van der Waals surface area contributed by atoms with Crippen molar-refractivity contribution >= 4 is 28.3 Å². The number of nitrogens with zero attached hydrogens (tertiary/aromatic N) is 1. The fourth-order valence-electron chi connectivity index (χ4n) is 2.10. The third-order valence-corrected chi connectivity index (χ3v) is 3.39. The normalized spacial score (nSPS) is 11.4. The van der Waals surface area contributed by atoms with E-state index in [-0.39, 0.29) is 11.7 Å². The summed E-state index contributed by atoms with van der Waals surface area (Å²) in [6, 6.07) is 7.87. The van der Waals surface area contributed by atoms with Gasteiger partial charge in [0.25, 0.3) is 0 Å². The van der Waals surface area contributed by atoms with Crippen molar-refractivity contribution in [3.63, 3.8) is 0 Å². The smallest absolute Gasteiger partial charge is 0.169 e. The SMILES string of the molecule is CCn1c(Cl)c(C(=O)C(C)C)c2ccccc21. The predicted octanol–water partition coefficient (Wildman–Crippen LogP) is 4.15. The van der Waals surface area contributed by atoms with Crippen LogP contribution in [0.25, 0.3) is 10.9 Å². The molecular weight excluding hydrogens is 234 g/mol. The van der Waals surface area contributed by atoms with Gasteiger partial charge in [-0.3, -0.25) is 4.79 Å². The van der Waals surface area contributed by atoms with Gasteiger partial charge >= 0.3 is 0 Å². The molecule has 1 aromatic carbocycles. The highest BCUT2D eigenvalue weighted by molar-refractivity contribution is 6.35. The molecule has 0 unspecified atom stereocenters.